The molecule has 3 aromatic rings. The number of carbonyl (C=O) groups excluding carboxylic acids is 1. The number of ether oxygens (including phenoxy) is 1. The molecule has 0 bridgehead atoms. The maximum absolute atomic E-state index is 13.4. The van der Waals surface area contributed by atoms with Gasteiger partial charge in [-0.25, -0.2) is 17.9 Å². The maximum atomic E-state index is 13.4. The average Bonchev–Trinajstić information content (AvgIpc) is 3.28. The van der Waals surface area contributed by atoms with Crippen LogP contribution in [-0.2, 0) is 26.2 Å². The molecule has 0 unspecified atom stereocenters. The molecule has 1 fully saturated rings. The van der Waals surface area contributed by atoms with Crippen molar-refractivity contribution in [3.05, 3.63) is 85.1 Å². The second kappa shape index (κ2) is 10.9. The Morgan fingerprint density at radius 2 is 1.92 bits per heavy atom. The number of carbonyl (C=O) groups is 2. The zero-order chi connectivity index (χ0) is 25.7. The van der Waals surface area contributed by atoms with Gasteiger partial charge in [-0.15, -0.1) is 6.58 Å². The van der Waals surface area contributed by atoms with Crippen LogP contribution in [-0.4, -0.2) is 54.1 Å². The first-order chi connectivity index (χ1) is 17.3. The lowest BCUT2D eigenvalue weighted by molar-refractivity contribution is -0.143. The van der Waals surface area contributed by atoms with Crippen LogP contribution in [0.5, 0.6) is 0 Å². The highest BCUT2D eigenvalue weighted by molar-refractivity contribution is 7.89. The lowest BCUT2D eigenvalue weighted by atomic mass is 9.91. The molecule has 188 valence electrons. The van der Waals surface area contributed by atoms with Gasteiger partial charge in [0.15, 0.2) is 0 Å². The molecule has 2 aromatic carbocycles. The van der Waals surface area contributed by atoms with Crippen molar-refractivity contribution >= 4 is 33.0 Å². The van der Waals surface area contributed by atoms with Crippen LogP contribution >= 0.6 is 0 Å². The minimum atomic E-state index is -4.09. The fourth-order valence-electron chi connectivity index (χ4n) is 4.58. The van der Waals surface area contributed by atoms with Crippen LogP contribution < -0.4 is 4.72 Å². The molecule has 1 saturated heterocycles. The standard InChI is InChI=1S/C26H27N3O6S/c1-2-8-20(25(30)31)24-21(14-16-29(24)26(32)35-17-18-9-4-3-5-10-18)28-36(33,34)22-13-6-11-19-12-7-15-27-23(19)22/h2-7,9-13,15,20-21,24,28H,1,8,14,16-17H2,(H,30,31)/t20-,21+,24-/m1/s1. The van der Waals surface area contributed by atoms with E-state index in [1.807, 2.05) is 30.3 Å². The van der Waals surface area contributed by atoms with Gasteiger partial charge in [-0.1, -0.05) is 54.6 Å². The highest BCUT2D eigenvalue weighted by atomic mass is 32.2. The minimum Gasteiger partial charge on any atom is -0.481 e. The monoisotopic (exact) mass is 509 g/mol. The van der Waals surface area contributed by atoms with Gasteiger partial charge in [0.05, 0.1) is 17.5 Å². The molecule has 0 radical (unpaired) electrons. The number of rotatable bonds is 9. The summed E-state index contributed by atoms with van der Waals surface area (Å²) in [5, 5.41) is 10.6. The van der Waals surface area contributed by atoms with Crippen molar-refractivity contribution in [2.75, 3.05) is 6.54 Å². The summed E-state index contributed by atoms with van der Waals surface area (Å²) in [7, 11) is -4.09. The topological polar surface area (TPSA) is 126 Å². The minimum absolute atomic E-state index is 0.0138. The number of pyridine rings is 1. The molecule has 1 aliphatic rings. The third-order valence-corrected chi connectivity index (χ3v) is 7.76. The van der Waals surface area contributed by atoms with Gasteiger partial charge in [0.1, 0.15) is 11.5 Å². The number of hydrogen-bond acceptors (Lipinski definition) is 6. The first-order valence-electron chi connectivity index (χ1n) is 11.5. The summed E-state index contributed by atoms with van der Waals surface area (Å²) >= 11 is 0. The molecule has 0 spiro atoms. The Kier molecular flexibility index (Phi) is 7.66. The van der Waals surface area contributed by atoms with Gasteiger partial charge in [0.25, 0.3) is 0 Å². The molecule has 2 heterocycles. The van der Waals surface area contributed by atoms with Crippen LogP contribution in [0.1, 0.15) is 18.4 Å². The number of hydrogen-bond donors (Lipinski definition) is 2. The summed E-state index contributed by atoms with van der Waals surface area (Å²) in [6.45, 7) is 3.79. The van der Waals surface area contributed by atoms with Gasteiger partial charge in [0.2, 0.25) is 10.0 Å². The van der Waals surface area contributed by atoms with Crippen molar-refractivity contribution in [2.24, 2.45) is 5.92 Å². The molecular formula is C26H27N3O6S. The predicted octanol–water partition coefficient (Wildman–Crippen LogP) is 3.57. The normalized spacial score (nSPS) is 18.6. The number of allylic oxidation sites excluding steroid dienone is 1. The maximum Gasteiger partial charge on any atom is 0.410 e. The summed E-state index contributed by atoms with van der Waals surface area (Å²) < 4.78 is 35.0. The number of carboxylic acid groups (broad SMARTS) is 1. The van der Waals surface area contributed by atoms with Crippen LogP contribution in [0.25, 0.3) is 10.9 Å². The number of aliphatic carboxylic acids is 1. The van der Waals surface area contributed by atoms with Crippen LogP contribution in [0.15, 0.2) is 84.4 Å². The highest BCUT2D eigenvalue weighted by Crippen LogP contribution is 2.30. The number of aromatic nitrogens is 1. The lowest BCUT2D eigenvalue weighted by Gasteiger charge is -2.32. The van der Waals surface area contributed by atoms with E-state index >= 15 is 0 Å². The van der Waals surface area contributed by atoms with Crippen molar-refractivity contribution in [3.8, 4) is 0 Å². The van der Waals surface area contributed by atoms with E-state index in [1.165, 1.54) is 23.2 Å². The van der Waals surface area contributed by atoms with Gasteiger partial charge >= 0.3 is 12.1 Å². The van der Waals surface area contributed by atoms with Crippen LogP contribution in [0, 0.1) is 5.92 Å². The molecule has 3 atom stereocenters. The largest absolute Gasteiger partial charge is 0.481 e. The molecule has 4 rings (SSSR count). The molecular weight excluding hydrogens is 482 g/mol. The molecule has 0 saturated carbocycles. The molecule has 2 N–H and O–H groups in total. The fourth-order valence-corrected chi connectivity index (χ4v) is 6.04. The Labute approximate surface area is 209 Å². The van der Waals surface area contributed by atoms with Gasteiger partial charge in [-0.2, -0.15) is 0 Å². The number of benzene rings is 2. The van der Waals surface area contributed by atoms with Gasteiger partial charge in [0, 0.05) is 24.2 Å². The first kappa shape index (κ1) is 25.3. The summed E-state index contributed by atoms with van der Waals surface area (Å²) in [6.07, 6.45) is 2.53. The van der Waals surface area contributed by atoms with Crippen molar-refractivity contribution in [2.45, 2.75) is 36.4 Å². The van der Waals surface area contributed by atoms with E-state index in [-0.39, 0.29) is 30.9 Å². The number of fused-ring (bicyclic) bond motifs is 1. The lowest BCUT2D eigenvalue weighted by Crippen LogP contribution is -2.52. The zero-order valence-corrected chi connectivity index (χ0v) is 20.3. The molecule has 36 heavy (non-hydrogen) atoms. The predicted molar refractivity (Wildman–Crippen MR) is 134 cm³/mol. The highest BCUT2D eigenvalue weighted by Gasteiger charge is 2.46. The molecule has 0 aliphatic carbocycles. The molecule has 1 aliphatic heterocycles. The molecule has 10 heteroatoms. The Hall–Kier alpha value is -3.76. The van der Waals surface area contributed by atoms with E-state index in [2.05, 4.69) is 16.3 Å². The average molecular weight is 510 g/mol. The molecule has 1 aromatic heterocycles. The molecule has 1 amide bonds. The van der Waals surface area contributed by atoms with E-state index in [0.29, 0.717) is 10.9 Å². The van der Waals surface area contributed by atoms with Crippen LogP contribution in [0.3, 0.4) is 0 Å². The van der Waals surface area contributed by atoms with Crippen LogP contribution in [0.2, 0.25) is 0 Å². The number of sulfonamides is 1. The summed E-state index contributed by atoms with van der Waals surface area (Å²) in [6, 6.07) is 15.6. The Balaban J connectivity index is 1.61. The third kappa shape index (κ3) is 5.39. The number of carboxylic acids is 1. The van der Waals surface area contributed by atoms with E-state index in [1.54, 1.807) is 24.3 Å². The quantitative estimate of drug-likeness (QED) is 0.422. The fraction of sp³-hybridized carbons (Fsp3) is 0.269. The summed E-state index contributed by atoms with van der Waals surface area (Å²) in [5.74, 6) is -2.23. The number of amides is 1. The number of nitrogens with one attached hydrogen (secondary N) is 1. The first-order valence-corrected chi connectivity index (χ1v) is 13.0. The van der Waals surface area contributed by atoms with E-state index < -0.39 is 40.1 Å². The second-order valence-corrected chi connectivity index (χ2v) is 10.2. The Morgan fingerprint density at radius 3 is 2.64 bits per heavy atom. The smallest absolute Gasteiger partial charge is 0.410 e. The van der Waals surface area contributed by atoms with Crippen molar-refractivity contribution in [1.82, 2.24) is 14.6 Å². The third-order valence-electron chi connectivity index (χ3n) is 6.23. The van der Waals surface area contributed by atoms with E-state index in [0.717, 1.165) is 5.56 Å². The van der Waals surface area contributed by atoms with E-state index in [9.17, 15) is 23.1 Å². The van der Waals surface area contributed by atoms with Crippen molar-refractivity contribution in [3.63, 3.8) is 0 Å². The van der Waals surface area contributed by atoms with Crippen molar-refractivity contribution in [1.29, 1.82) is 0 Å². The van der Waals surface area contributed by atoms with E-state index in [4.69, 9.17) is 4.74 Å². The van der Waals surface area contributed by atoms with Gasteiger partial charge < -0.3 is 14.7 Å². The zero-order valence-electron chi connectivity index (χ0n) is 19.5. The molecule has 9 nitrogen and oxygen atoms in total. The number of likely N-dealkylation sites (tertiary alicyclic amines) is 1. The summed E-state index contributed by atoms with van der Waals surface area (Å²) in [5.41, 5.74) is 1.09. The van der Waals surface area contributed by atoms with Gasteiger partial charge in [-0.3, -0.25) is 9.78 Å². The second-order valence-electron chi connectivity index (χ2n) is 8.54. The Morgan fingerprint density at radius 1 is 1.17 bits per heavy atom. The van der Waals surface area contributed by atoms with Crippen LogP contribution in [0.4, 0.5) is 4.79 Å². The number of para-hydroxylation sites is 1. The Bertz CT molecular complexity index is 1360. The SMILES string of the molecule is C=CC[C@@H](C(=O)O)[C@@H]1[C@@H](NS(=O)(=O)c2cccc3cccnc23)CCN1C(=O)OCc1ccccc1. The van der Waals surface area contributed by atoms with Crippen molar-refractivity contribution < 1.29 is 27.9 Å². The van der Waals surface area contributed by atoms with Gasteiger partial charge in [-0.05, 0) is 30.5 Å². The number of nitrogens with zero attached hydrogens (tertiary/aromatic N) is 2. The summed E-state index contributed by atoms with van der Waals surface area (Å²) in [4.78, 5) is 30.7.